The highest BCUT2D eigenvalue weighted by Crippen LogP contribution is 2.24. The van der Waals surface area contributed by atoms with Gasteiger partial charge in [-0.2, -0.15) is 0 Å². The number of rotatable bonds is 6. The van der Waals surface area contributed by atoms with Gasteiger partial charge in [0.15, 0.2) is 0 Å². The van der Waals surface area contributed by atoms with Crippen molar-refractivity contribution in [2.75, 3.05) is 7.11 Å². The van der Waals surface area contributed by atoms with Gasteiger partial charge in [0.05, 0.1) is 18.1 Å². The minimum Gasteiger partial charge on any atom is -0.496 e. The lowest BCUT2D eigenvalue weighted by Gasteiger charge is -2.19. The van der Waals surface area contributed by atoms with Gasteiger partial charge in [0.1, 0.15) is 5.75 Å². The third kappa shape index (κ3) is 3.90. The maximum atomic E-state index is 12.4. The Bertz CT molecular complexity index is 741. The zero-order valence-corrected chi connectivity index (χ0v) is 13.9. The molecule has 0 fully saturated rings. The van der Waals surface area contributed by atoms with Crippen LogP contribution in [0.25, 0.3) is 0 Å². The summed E-state index contributed by atoms with van der Waals surface area (Å²) in [5.41, 5.74) is 2.35. The number of nitrogens with one attached hydrogen (secondary N) is 1. The first-order chi connectivity index (χ1) is 11.5. The van der Waals surface area contributed by atoms with Gasteiger partial charge in [0.25, 0.3) is 11.6 Å². The zero-order chi connectivity index (χ0) is 17.7. The molecule has 0 saturated carbocycles. The number of non-ortho nitro benzene ring substituents is 1. The summed E-state index contributed by atoms with van der Waals surface area (Å²) in [7, 11) is 1.62. The van der Waals surface area contributed by atoms with Crippen molar-refractivity contribution in [2.24, 2.45) is 0 Å². The summed E-state index contributed by atoms with van der Waals surface area (Å²) in [4.78, 5) is 22.6. The molecule has 0 aromatic heterocycles. The number of hydrogen-bond acceptors (Lipinski definition) is 4. The summed E-state index contributed by atoms with van der Waals surface area (Å²) < 4.78 is 5.25. The molecule has 24 heavy (non-hydrogen) atoms. The lowest BCUT2D eigenvalue weighted by molar-refractivity contribution is -0.384. The average molecular weight is 328 g/mol. The molecule has 0 heterocycles. The van der Waals surface area contributed by atoms with Gasteiger partial charge < -0.3 is 10.1 Å². The molecule has 6 nitrogen and oxygen atoms in total. The van der Waals surface area contributed by atoms with E-state index < -0.39 is 4.92 Å². The van der Waals surface area contributed by atoms with E-state index in [1.54, 1.807) is 7.11 Å². The Morgan fingerprint density at radius 2 is 1.92 bits per heavy atom. The Labute approximate surface area is 140 Å². The van der Waals surface area contributed by atoms with Crippen LogP contribution in [0.3, 0.4) is 0 Å². The quantitative estimate of drug-likeness (QED) is 0.646. The normalized spacial score (nSPS) is 11.6. The number of nitrogens with zero attached hydrogens (tertiary/aromatic N) is 1. The topological polar surface area (TPSA) is 81.5 Å². The monoisotopic (exact) mass is 328 g/mol. The molecule has 0 bridgehead atoms. The molecular formula is C18H20N2O4. The van der Waals surface area contributed by atoms with Gasteiger partial charge in [-0.25, -0.2) is 0 Å². The van der Waals surface area contributed by atoms with Crippen molar-refractivity contribution in [2.45, 2.75) is 26.3 Å². The van der Waals surface area contributed by atoms with Crippen molar-refractivity contribution in [3.05, 3.63) is 69.3 Å². The number of hydrogen-bond donors (Lipinski definition) is 1. The maximum Gasteiger partial charge on any atom is 0.269 e. The van der Waals surface area contributed by atoms with Crippen LogP contribution in [-0.2, 0) is 0 Å². The van der Waals surface area contributed by atoms with Gasteiger partial charge in [-0.3, -0.25) is 14.9 Å². The van der Waals surface area contributed by atoms with Gasteiger partial charge in [-0.15, -0.1) is 0 Å². The van der Waals surface area contributed by atoms with Crippen LogP contribution in [0.15, 0.2) is 42.5 Å². The summed E-state index contributed by atoms with van der Waals surface area (Å²) in [5, 5.41) is 13.6. The first-order valence-electron chi connectivity index (χ1n) is 7.66. The van der Waals surface area contributed by atoms with Crippen LogP contribution < -0.4 is 10.1 Å². The molecule has 0 aliphatic rings. The van der Waals surface area contributed by atoms with E-state index in [2.05, 4.69) is 5.32 Å². The number of nitro groups is 1. The second-order valence-electron chi connectivity index (χ2n) is 5.47. The van der Waals surface area contributed by atoms with Crippen LogP contribution in [0.5, 0.6) is 5.75 Å². The van der Waals surface area contributed by atoms with E-state index >= 15 is 0 Å². The van der Waals surface area contributed by atoms with Crippen LogP contribution in [0.1, 0.15) is 40.9 Å². The predicted octanol–water partition coefficient (Wildman–Crippen LogP) is 3.79. The molecule has 2 aromatic rings. The van der Waals surface area contributed by atoms with Crippen molar-refractivity contribution < 1.29 is 14.5 Å². The van der Waals surface area contributed by atoms with E-state index in [9.17, 15) is 14.9 Å². The van der Waals surface area contributed by atoms with Gasteiger partial charge in [0, 0.05) is 17.7 Å². The molecule has 0 aliphatic carbocycles. The maximum absolute atomic E-state index is 12.4. The number of nitro benzene ring substituents is 1. The number of amides is 1. The molecule has 0 unspecified atom stereocenters. The summed E-state index contributed by atoms with van der Waals surface area (Å²) in [6, 6.07) is 11.2. The summed E-state index contributed by atoms with van der Waals surface area (Å²) >= 11 is 0. The summed E-state index contributed by atoms with van der Waals surface area (Å²) in [6.45, 7) is 3.94. The second kappa shape index (κ2) is 7.59. The van der Waals surface area contributed by atoms with E-state index in [0.717, 1.165) is 23.3 Å². The van der Waals surface area contributed by atoms with Gasteiger partial charge in [0.2, 0.25) is 0 Å². The van der Waals surface area contributed by atoms with E-state index in [4.69, 9.17) is 4.74 Å². The van der Waals surface area contributed by atoms with Crippen molar-refractivity contribution in [1.82, 2.24) is 5.32 Å². The standard InChI is InChI=1S/C18H20N2O4/c1-4-16(14-7-10-17(24-3)12(2)11-14)19-18(21)13-5-8-15(9-6-13)20(22)23/h5-11,16H,4H2,1-3H3,(H,19,21)/t16-/m0/s1. The minimum atomic E-state index is -0.489. The molecule has 1 atom stereocenters. The average Bonchev–Trinajstić information content (AvgIpc) is 2.59. The van der Waals surface area contributed by atoms with E-state index in [0.29, 0.717) is 5.56 Å². The van der Waals surface area contributed by atoms with Gasteiger partial charge in [-0.05, 0) is 42.7 Å². The van der Waals surface area contributed by atoms with E-state index in [1.165, 1.54) is 24.3 Å². The van der Waals surface area contributed by atoms with Crippen molar-refractivity contribution in [1.29, 1.82) is 0 Å². The molecule has 1 N–H and O–H groups in total. The Kier molecular flexibility index (Phi) is 5.52. The number of carbonyl (C=O) groups is 1. The zero-order valence-electron chi connectivity index (χ0n) is 13.9. The Morgan fingerprint density at radius 3 is 2.42 bits per heavy atom. The molecule has 6 heteroatoms. The fraction of sp³-hybridized carbons (Fsp3) is 0.278. The molecule has 0 saturated heterocycles. The number of ether oxygens (including phenoxy) is 1. The first-order valence-corrected chi connectivity index (χ1v) is 7.66. The lowest BCUT2D eigenvalue weighted by atomic mass is 10.0. The highest BCUT2D eigenvalue weighted by Gasteiger charge is 2.16. The highest BCUT2D eigenvalue weighted by atomic mass is 16.6. The SMILES string of the molecule is CC[C@H](NC(=O)c1ccc([N+](=O)[O-])cc1)c1ccc(OC)c(C)c1. The molecule has 0 radical (unpaired) electrons. The largest absolute Gasteiger partial charge is 0.496 e. The Hall–Kier alpha value is -2.89. The van der Waals surface area contributed by atoms with Crippen molar-refractivity contribution in [3.8, 4) is 5.75 Å². The number of carbonyl (C=O) groups excluding carboxylic acids is 1. The fourth-order valence-electron chi connectivity index (χ4n) is 2.52. The molecule has 2 rings (SSSR count). The summed E-state index contributed by atoms with van der Waals surface area (Å²) in [5.74, 6) is 0.542. The third-order valence-corrected chi connectivity index (χ3v) is 3.88. The number of methoxy groups -OCH3 is 1. The molecule has 0 aliphatic heterocycles. The van der Waals surface area contributed by atoms with Gasteiger partial charge >= 0.3 is 0 Å². The number of aryl methyl sites for hydroxylation is 1. The van der Waals surface area contributed by atoms with Crippen LogP contribution in [0.2, 0.25) is 0 Å². The molecule has 1 amide bonds. The lowest BCUT2D eigenvalue weighted by Crippen LogP contribution is -2.28. The van der Waals surface area contributed by atoms with Crippen LogP contribution >= 0.6 is 0 Å². The molecule has 126 valence electrons. The van der Waals surface area contributed by atoms with Gasteiger partial charge in [-0.1, -0.05) is 19.1 Å². The third-order valence-electron chi connectivity index (χ3n) is 3.88. The van der Waals surface area contributed by atoms with Crippen LogP contribution in [-0.4, -0.2) is 17.9 Å². The Morgan fingerprint density at radius 1 is 1.25 bits per heavy atom. The molecule has 2 aromatic carbocycles. The fourth-order valence-corrected chi connectivity index (χ4v) is 2.52. The second-order valence-corrected chi connectivity index (χ2v) is 5.47. The van der Waals surface area contributed by atoms with Crippen molar-refractivity contribution in [3.63, 3.8) is 0 Å². The smallest absolute Gasteiger partial charge is 0.269 e. The highest BCUT2D eigenvalue weighted by molar-refractivity contribution is 5.94. The van der Waals surface area contributed by atoms with Crippen LogP contribution in [0, 0.1) is 17.0 Å². The molecular weight excluding hydrogens is 308 g/mol. The summed E-state index contributed by atoms with van der Waals surface area (Å²) in [6.07, 6.45) is 0.727. The first kappa shape index (κ1) is 17.5. The Balaban J connectivity index is 2.15. The van der Waals surface area contributed by atoms with Crippen molar-refractivity contribution >= 4 is 11.6 Å². The minimum absolute atomic E-state index is 0.0376. The molecule has 0 spiro atoms. The van der Waals surface area contributed by atoms with Crippen LogP contribution in [0.4, 0.5) is 5.69 Å². The van der Waals surface area contributed by atoms with E-state index in [1.807, 2.05) is 32.0 Å². The van der Waals surface area contributed by atoms with E-state index in [-0.39, 0.29) is 17.6 Å². The predicted molar refractivity (Wildman–Crippen MR) is 91.3 cm³/mol. The number of benzene rings is 2.